The Bertz CT molecular complexity index is 732. The van der Waals surface area contributed by atoms with Crippen LogP contribution in [0.15, 0.2) is 47.6 Å². The predicted octanol–water partition coefficient (Wildman–Crippen LogP) is 2.86. The molecule has 1 fully saturated rings. The second-order valence-electron chi connectivity index (χ2n) is 6.42. The third kappa shape index (κ3) is 4.92. The SMILES string of the molecule is COc1cc(/C=N\N2CCN(Cc3ccccc3)CC2)cc(OC)c1OC. The van der Waals surface area contributed by atoms with Crippen molar-refractivity contribution >= 4 is 6.21 Å². The van der Waals surface area contributed by atoms with E-state index in [1.54, 1.807) is 21.3 Å². The maximum Gasteiger partial charge on any atom is 0.203 e. The summed E-state index contributed by atoms with van der Waals surface area (Å²) in [6, 6.07) is 14.4. The Kier molecular flexibility index (Phi) is 6.54. The van der Waals surface area contributed by atoms with E-state index in [1.807, 2.05) is 18.3 Å². The summed E-state index contributed by atoms with van der Waals surface area (Å²) in [4.78, 5) is 2.46. The number of methoxy groups -OCH3 is 3. The van der Waals surface area contributed by atoms with Crippen molar-refractivity contribution in [2.24, 2.45) is 5.10 Å². The molecule has 2 aromatic carbocycles. The molecule has 1 saturated heterocycles. The molecule has 0 saturated carbocycles. The van der Waals surface area contributed by atoms with Crippen LogP contribution < -0.4 is 14.2 Å². The molecular weight excluding hydrogens is 342 g/mol. The summed E-state index contributed by atoms with van der Waals surface area (Å²) in [7, 11) is 4.83. The summed E-state index contributed by atoms with van der Waals surface area (Å²) in [6.07, 6.45) is 1.84. The summed E-state index contributed by atoms with van der Waals surface area (Å²) in [6.45, 7) is 4.82. The lowest BCUT2D eigenvalue weighted by molar-refractivity contribution is 0.131. The summed E-state index contributed by atoms with van der Waals surface area (Å²) in [5.41, 5.74) is 2.27. The molecule has 1 aliphatic heterocycles. The van der Waals surface area contributed by atoms with E-state index in [0.29, 0.717) is 17.2 Å². The van der Waals surface area contributed by atoms with Gasteiger partial charge in [-0.2, -0.15) is 5.10 Å². The van der Waals surface area contributed by atoms with Gasteiger partial charge in [0.1, 0.15) is 0 Å². The van der Waals surface area contributed by atoms with Gasteiger partial charge in [0.05, 0.1) is 27.5 Å². The average molecular weight is 369 g/mol. The molecule has 0 unspecified atom stereocenters. The summed E-state index contributed by atoms with van der Waals surface area (Å²) in [5.74, 6) is 1.85. The second-order valence-corrected chi connectivity index (χ2v) is 6.42. The largest absolute Gasteiger partial charge is 0.493 e. The van der Waals surface area contributed by atoms with E-state index in [1.165, 1.54) is 5.56 Å². The van der Waals surface area contributed by atoms with E-state index in [4.69, 9.17) is 14.2 Å². The van der Waals surface area contributed by atoms with Gasteiger partial charge < -0.3 is 14.2 Å². The van der Waals surface area contributed by atoms with Crippen molar-refractivity contribution in [1.29, 1.82) is 0 Å². The van der Waals surface area contributed by atoms with Crippen LogP contribution in [0.5, 0.6) is 17.2 Å². The molecule has 144 valence electrons. The van der Waals surface area contributed by atoms with E-state index >= 15 is 0 Å². The fraction of sp³-hybridized carbons (Fsp3) is 0.381. The van der Waals surface area contributed by atoms with Crippen molar-refractivity contribution in [3.05, 3.63) is 53.6 Å². The van der Waals surface area contributed by atoms with Crippen molar-refractivity contribution in [1.82, 2.24) is 9.91 Å². The number of nitrogens with zero attached hydrogens (tertiary/aromatic N) is 3. The molecule has 3 rings (SSSR count). The molecule has 0 amide bonds. The molecule has 1 aliphatic rings. The lowest BCUT2D eigenvalue weighted by Gasteiger charge is -2.33. The quantitative estimate of drug-likeness (QED) is 0.703. The van der Waals surface area contributed by atoms with Crippen molar-refractivity contribution in [3.8, 4) is 17.2 Å². The minimum absolute atomic E-state index is 0.590. The Hall–Kier alpha value is -2.73. The van der Waals surface area contributed by atoms with E-state index in [-0.39, 0.29) is 0 Å². The van der Waals surface area contributed by atoms with E-state index < -0.39 is 0 Å². The van der Waals surface area contributed by atoms with Crippen LogP contribution in [-0.4, -0.2) is 63.6 Å². The third-order valence-corrected chi connectivity index (χ3v) is 4.65. The second kappa shape index (κ2) is 9.28. The zero-order chi connectivity index (χ0) is 19.1. The molecular formula is C21H27N3O3. The van der Waals surface area contributed by atoms with Gasteiger partial charge in [-0.15, -0.1) is 0 Å². The Balaban J connectivity index is 1.59. The highest BCUT2D eigenvalue weighted by Gasteiger charge is 2.16. The highest BCUT2D eigenvalue weighted by molar-refractivity contribution is 5.82. The van der Waals surface area contributed by atoms with E-state index in [2.05, 4.69) is 45.3 Å². The van der Waals surface area contributed by atoms with Crippen LogP contribution in [0.3, 0.4) is 0 Å². The Morgan fingerprint density at radius 3 is 2.07 bits per heavy atom. The smallest absolute Gasteiger partial charge is 0.203 e. The number of ether oxygens (including phenoxy) is 3. The van der Waals surface area contributed by atoms with Crippen LogP contribution in [-0.2, 0) is 6.54 Å². The minimum Gasteiger partial charge on any atom is -0.493 e. The van der Waals surface area contributed by atoms with Crippen LogP contribution >= 0.6 is 0 Å². The number of hydrazone groups is 1. The van der Waals surface area contributed by atoms with Crippen molar-refractivity contribution in [2.45, 2.75) is 6.54 Å². The first-order chi connectivity index (χ1) is 13.2. The van der Waals surface area contributed by atoms with E-state index in [0.717, 1.165) is 38.3 Å². The van der Waals surface area contributed by atoms with Gasteiger partial charge in [-0.3, -0.25) is 9.91 Å². The minimum atomic E-state index is 0.590. The Morgan fingerprint density at radius 1 is 0.889 bits per heavy atom. The van der Waals surface area contributed by atoms with Gasteiger partial charge in [0.25, 0.3) is 0 Å². The maximum atomic E-state index is 5.39. The molecule has 6 heteroatoms. The first-order valence-electron chi connectivity index (χ1n) is 9.08. The molecule has 0 N–H and O–H groups in total. The molecule has 2 aromatic rings. The number of hydrogen-bond acceptors (Lipinski definition) is 6. The van der Waals surface area contributed by atoms with E-state index in [9.17, 15) is 0 Å². The Labute approximate surface area is 160 Å². The highest BCUT2D eigenvalue weighted by Crippen LogP contribution is 2.37. The van der Waals surface area contributed by atoms with Crippen LogP contribution in [0.1, 0.15) is 11.1 Å². The molecule has 0 spiro atoms. The van der Waals surface area contributed by atoms with Crippen LogP contribution in [0.2, 0.25) is 0 Å². The molecule has 0 radical (unpaired) electrons. The van der Waals surface area contributed by atoms with Gasteiger partial charge in [0.2, 0.25) is 5.75 Å². The fourth-order valence-electron chi connectivity index (χ4n) is 3.18. The van der Waals surface area contributed by atoms with Gasteiger partial charge >= 0.3 is 0 Å². The normalized spacial score (nSPS) is 15.1. The summed E-state index contributed by atoms with van der Waals surface area (Å²) in [5, 5.41) is 6.73. The third-order valence-electron chi connectivity index (χ3n) is 4.65. The molecule has 27 heavy (non-hydrogen) atoms. The highest BCUT2D eigenvalue weighted by atomic mass is 16.5. The number of hydrogen-bond donors (Lipinski definition) is 0. The molecule has 0 aromatic heterocycles. The van der Waals surface area contributed by atoms with Crippen LogP contribution in [0.25, 0.3) is 0 Å². The van der Waals surface area contributed by atoms with Crippen molar-refractivity contribution in [3.63, 3.8) is 0 Å². The van der Waals surface area contributed by atoms with Gasteiger partial charge in [-0.1, -0.05) is 30.3 Å². The standard InChI is InChI=1S/C21H27N3O3/c1-25-19-13-18(14-20(26-2)21(19)27-3)15-22-24-11-9-23(10-12-24)16-17-7-5-4-6-8-17/h4-8,13-15H,9-12,16H2,1-3H3/b22-15-. The number of piperazine rings is 1. The zero-order valence-electron chi connectivity index (χ0n) is 16.2. The van der Waals surface area contributed by atoms with Gasteiger partial charge in [-0.05, 0) is 17.7 Å². The summed E-state index contributed by atoms with van der Waals surface area (Å²) < 4.78 is 16.1. The first-order valence-corrected chi connectivity index (χ1v) is 9.08. The number of rotatable bonds is 7. The van der Waals surface area contributed by atoms with Gasteiger partial charge in [-0.25, -0.2) is 0 Å². The molecule has 6 nitrogen and oxygen atoms in total. The lowest BCUT2D eigenvalue weighted by Crippen LogP contribution is -2.43. The van der Waals surface area contributed by atoms with Crippen LogP contribution in [0, 0.1) is 0 Å². The topological polar surface area (TPSA) is 46.5 Å². The molecule has 1 heterocycles. The maximum absolute atomic E-state index is 5.39. The van der Waals surface area contributed by atoms with Crippen molar-refractivity contribution in [2.75, 3.05) is 47.5 Å². The van der Waals surface area contributed by atoms with Gasteiger partial charge in [0, 0.05) is 38.3 Å². The monoisotopic (exact) mass is 369 g/mol. The van der Waals surface area contributed by atoms with Crippen LogP contribution in [0.4, 0.5) is 0 Å². The zero-order valence-corrected chi connectivity index (χ0v) is 16.2. The number of benzene rings is 2. The molecule has 0 aliphatic carbocycles. The fourth-order valence-corrected chi connectivity index (χ4v) is 3.18. The molecule has 0 atom stereocenters. The Morgan fingerprint density at radius 2 is 1.52 bits per heavy atom. The molecule has 0 bridgehead atoms. The predicted molar refractivity (Wildman–Crippen MR) is 107 cm³/mol. The lowest BCUT2D eigenvalue weighted by atomic mass is 10.2. The van der Waals surface area contributed by atoms with Crippen molar-refractivity contribution < 1.29 is 14.2 Å². The van der Waals surface area contributed by atoms with Gasteiger partial charge in [0.15, 0.2) is 11.5 Å². The first kappa shape index (κ1) is 19.0. The summed E-state index contributed by atoms with van der Waals surface area (Å²) >= 11 is 0. The average Bonchev–Trinajstić information content (AvgIpc) is 2.73.